The number of fused-ring (bicyclic) bond motifs is 1. The summed E-state index contributed by atoms with van der Waals surface area (Å²) in [6.07, 6.45) is 23.8. The Balaban J connectivity index is 1.50. The number of carbonyl (C=O) groups excluding carboxylic acids is 1. The van der Waals surface area contributed by atoms with Gasteiger partial charge in [0.05, 0.1) is 18.8 Å². The molecule has 276 valence electrons. The summed E-state index contributed by atoms with van der Waals surface area (Å²) in [4.78, 5) is 11.3. The zero-order chi connectivity index (χ0) is 34.6. The summed E-state index contributed by atoms with van der Waals surface area (Å²) in [6.45, 7) is 18.3. The van der Waals surface area contributed by atoms with E-state index in [1.165, 1.54) is 39.0 Å². The van der Waals surface area contributed by atoms with Crippen LogP contribution in [0.1, 0.15) is 131 Å². The molecule has 3 fully saturated rings. The second-order valence-electron chi connectivity index (χ2n) is 16.5. The second-order valence-corrected chi connectivity index (χ2v) is 21.3. The van der Waals surface area contributed by atoms with E-state index < -0.39 is 8.32 Å². The van der Waals surface area contributed by atoms with E-state index in [9.17, 15) is 4.79 Å². The van der Waals surface area contributed by atoms with Crippen LogP contribution >= 0.6 is 0 Å². The first-order valence-corrected chi connectivity index (χ1v) is 22.6. The molecule has 2 aliphatic heterocycles. The van der Waals surface area contributed by atoms with Crippen LogP contribution in [-0.4, -0.2) is 65.5 Å². The van der Waals surface area contributed by atoms with E-state index in [1.807, 2.05) is 0 Å². The number of ether oxygens (including phenoxy) is 5. The first-order chi connectivity index (χ1) is 23.0. The minimum absolute atomic E-state index is 0.0714. The van der Waals surface area contributed by atoms with Crippen LogP contribution in [0.25, 0.3) is 0 Å². The molecule has 2 saturated heterocycles. The van der Waals surface area contributed by atoms with Gasteiger partial charge in [-0.25, -0.2) is 0 Å². The lowest BCUT2D eigenvalue weighted by atomic mass is 9.86. The number of hydrogen-bond acceptors (Lipinski definition) is 7. The molecule has 4 rings (SSSR count). The van der Waals surface area contributed by atoms with Crippen molar-refractivity contribution in [3.05, 3.63) is 23.8 Å². The maximum Gasteiger partial charge on any atom is 0.302 e. The van der Waals surface area contributed by atoms with E-state index in [4.69, 9.17) is 28.1 Å². The van der Waals surface area contributed by atoms with Crippen LogP contribution in [0.2, 0.25) is 18.1 Å². The van der Waals surface area contributed by atoms with Gasteiger partial charge in [0.25, 0.3) is 0 Å². The lowest BCUT2D eigenvalue weighted by Gasteiger charge is -2.37. The van der Waals surface area contributed by atoms with Gasteiger partial charge < -0.3 is 28.1 Å². The molecule has 8 unspecified atom stereocenters. The molecular weight excluding hydrogens is 621 g/mol. The van der Waals surface area contributed by atoms with E-state index in [-0.39, 0.29) is 35.8 Å². The molecule has 4 aliphatic rings. The van der Waals surface area contributed by atoms with Crippen LogP contribution in [0.15, 0.2) is 23.8 Å². The molecule has 0 bridgehead atoms. The van der Waals surface area contributed by atoms with Crippen molar-refractivity contribution in [3.8, 4) is 0 Å². The summed E-state index contributed by atoms with van der Waals surface area (Å²) in [6, 6.07) is 0. The number of rotatable bonds is 19. The molecule has 1 saturated carbocycles. The molecule has 7 nitrogen and oxygen atoms in total. The van der Waals surface area contributed by atoms with E-state index in [1.54, 1.807) is 5.57 Å². The molecule has 0 amide bonds. The Morgan fingerprint density at radius 1 is 1.00 bits per heavy atom. The Morgan fingerprint density at radius 2 is 1.71 bits per heavy atom. The normalized spacial score (nSPS) is 29.5. The van der Waals surface area contributed by atoms with Gasteiger partial charge >= 0.3 is 5.97 Å². The van der Waals surface area contributed by atoms with E-state index in [2.05, 4.69) is 59.0 Å². The topological polar surface area (TPSA) is 72.5 Å². The number of carbonyl (C=O) groups is 1. The summed E-state index contributed by atoms with van der Waals surface area (Å²) < 4.78 is 37.6. The third-order valence-electron chi connectivity index (χ3n) is 11.7. The fourth-order valence-electron chi connectivity index (χ4n) is 7.67. The largest absolute Gasteiger partial charge is 0.466 e. The molecule has 8 heteroatoms. The molecule has 0 N–H and O–H groups in total. The molecule has 2 aliphatic carbocycles. The molecule has 0 spiro atoms. The zero-order valence-corrected chi connectivity index (χ0v) is 32.6. The Hall–Kier alpha value is -1.03. The molecule has 8 atom stereocenters. The van der Waals surface area contributed by atoms with Gasteiger partial charge in [0, 0.05) is 38.6 Å². The Kier molecular flexibility index (Phi) is 16.2. The lowest BCUT2D eigenvalue weighted by Crippen LogP contribution is -2.42. The van der Waals surface area contributed by atoms with Crippen molar-refractivity contribution in [1.29, 1.82) is 0 Å². The molecule has 48 heavy (non-hydrogen) atoms. The van der Waals surface area contributed by atoms with Gasteiger partial charge in [0.1, 0.15) is 0 Å². The number of allylic oxidation sites excluding steroid dienone is 1. The maximum absolute atomic E-state index is 11.3. The average Bonchev–Trinajstić information content (AvgIpc) is 3.59. The standard InChI is InChI=1S/C40H70O7Si/c1-8-9-10-18-34(46-38-19-12-15-24-43-38)21-22-35-36-27-32(26-33(36)28-37(35)47-39-20-13-16-25-44-39)31(17-11-14-23-42-30(2)41)29-45-48(6,7)40(3,4)5/h21-22,26,31,33-39H,8-20,23-25,27-29H2,1-7H3. The van der Waals surface area contributed by atoms with E-state index >= 15 is 0 Å². The SMILES string of the molecule is CCCCCC(C=CC1C(OC2CCCCO2)CC2C=C(C(CCCCOC(C)=O)CO[Si](C)(C)C(C)(C)C)CC21)OC1CCCCO1. The van der Waals surface area contributed by atoms with Crippen LogP contribution in [0.3, 0.4) is 0 Å². The minimum Gasteiger partial charge on any atom is -0.466 e. The number of hydrogen-bond donors (Lipinski definition) is 0. The monoisotopic (exact) mass is 690 g/mol. The van der Waals surface area contributed by atoms with Crippen LogP contribution in [0, 0.1) is 23.7 Å². The highest BCUT2D eigenvalue weighted by molar-refractivity contribution is 6.74. The quantitative estimate of drug-likeness (QED) is 0.0578. The van der Waals surface area contributed by atoms with Gasteiger partial charge in [-0.15, -0.1) is 0 Å². The molecule has 0 radical (unpaired) electrons. The van der Waals surface area contributed by atoms with Gasteiger partial charge in [0.2, 0.25) is 0 Å². The van der Waals surface area contributed by atoms with E-state index in [0.29, 0.717) is 30.3 Å². The third-order valence-corrected chi connectivity index (χ3v) is 16.2. The van der Waals surface area contributed by atoms with Crippen molar-refractivity contribution in [2.24, 2.45) is 23.7 Å². The van der Waals surface area contributed by atoms with Crippen LogP contribution < -0.4 is 0 Å². The van der Waals surface area contributed by atoms with Crippen molar-refractivity contribution < 1.29 is 32.9 Å². The zero-order valence-electron chi connectivity index (χ0n) is 31.6. The van der Waals surface area contributed by atoms with E-state index in [0.717, 1.165) is 84.0 Å². The highest BCUT2D eigenvalue weighted by atomic mass is 28.4. The van der Waals surface area contributed by atoms with Crippen LogP contribution in [0.4, 0.5) is 0 Å². The van der Waals surface area contributed by atoms with Crippen molar-refractivity contribution in [1.82, 2.24) is 0 Å². The van der Waals surface area contributed by atoms with Crippen LogP contribution in [0.5, 0.6) is 0 Å². The predicted molar refractivity (Wildman–Crippen MR) is 195 cm³/mol. The lowest BCUT2D eigenvalue weighted by molar-refractivity contribution is -0.193. The molecule has 0 aromatic rings. The second kappa shape index (κ2) is 19.5. The highest BCUT2D eigenvalue weighted by Crippen LogP contribution is 2.51. The fourth-order valence-corrected chi connectivity index (χ4v) is 8.72. The average molecular weight is 691 g/mol. The summed E-state index contributed by atoms with van der Waals surface area (Å²) >= 11 is 0. The molecular formula is C40H70O7Si. The third kappa shape index (κ3) is 12.3. The van der Waals surface area contributed by atoms with Gasteiger partial charge in [-0.2, -0.15) is 0 Å². The van der Waals surface area contributed by atoms with Crippen molar-refractivity contribution in [3.63, 3.8) is 0 Å². The van der Waals surface area contributed by atoms with Crippen molar-refractivity contribution in [2.75, 3.05) is 26.4 Å². The Labute approximate surface area is 294 Å². The summed E-state index contributed by atoms with van der Waals surface area (Å²) in [7, 11) is -1.89. The fraction of sp³-hybridized carbons (Fsp3) is 0.875. The molecule has 2 heterocycles. The summed E-state index contributed by atoms with van der Waals surface area (Å²) in [5, 5.41) is 0.174. The minimum atomic E-state index is -1.89. The first kappa shape index (κ1) is 39.7. The molecule has 0 aromatic heterocycles. The summed E-state index contributed by atoms with van der Waals surface area (Å²) in [5.74, 6) is 1.54. The van der Waals surface area contributed by atoms with Gasteiger partial charge in [0.15, 0.2) is 20.9 Å². The van der Waals surface area contributed by atoms with Crippen molar-refractivity contribution in [2.45, 2.75) is 174 Å². The number of unbranched alkanes of at least 4 members (excludes halogenated alkanes) is 3. The van der Waals surface area contributed by atoms with Crippen LogP contribution in [-0.2, 0) is 32.9 Å². The van der Waals surface area contributed by atoms with Gasteiger partial charge in [-0.3, -0.25) is 4.79 Å². The first-order valence-electron chi connectivity index (χ1n) is 19.7. The summed E-state index contributed by atoms with van der Waals surface area (Å²) in [5.41, 5.74) is 1.56. The predicted octanol–water partition coefficient (Wildman–Crippen LogP) is 9.90. The van der Waals surface area contributed by atoms with Gasteiger partial charge in [-0.05, 0) is 107 Å². The smallest absolute Gasteiger partial charge is 0.302 e. The van der Waals surface area contributed by atoms with Crippen molar-refractivity contribution >= 4 is 14.3 Å². The Bertz CT molecular complexity index is 1010. The molecule has 0 aromatic carbocycles. The maximum atomic E-state index is 11.3. The highest BCUT2D eigenvalue weighted by Gasteiger charge is 2.47. The number of esters is 1. The van der Waals surface area contributed by atoms with Gasteiger partial charge in [-0.1, -0.05) is 70.8 Å². The Morgan fingerprint density at radius 3 is 2.35 bits per heavy atom.